The molecular formula is C18H15N3O2. The molecule has 114 valence electrons. The molecule has 2 aromatic carbocycles. The summed E-state index contributed by atoms with van der Waals surface area (Å²) in [5.74, 6) is -0.973. The van der Waals surface area contributed by atoms with Gasteiger partial charge in [0.2, 0.25) is 5.91 Å². The van der Waals surface area contributed by atoms with E-state index in [1.54, 1.807) is 36.5 Å². The molecular weight excluding hydrogens is 290 g/mol. The van der Waals surface area contributed by atoms with Gasteiger partial charge in [-0.05, 0) is 17.7 Å². The number of fused-ring (bicyclic) bond motifs is 1. The number of carbonyl (C=O) groups excluding carboxylic acids is 2. The van der Waals surface area contributed by atoms with Crippen LogP contribution in [-0.2, 0) is 4.79 Å². The highest BCUT2D eigenvalue weighted by molar-refractivity contribution is 6.07. The molecule has 1 unspecified atom stereocenters. The fraction of sp³-hybridized carbons (Fsp3) is 0.0556. The van der Waals surface area contributed by atoms with Gasteiger partial charge in [0.15, 0.2) is 0 Å². The molecule has 0 spiro atoms. The van der Waals surface area contributed by atoms with Gasteiger partial charge in [-0.15, -0.1) is 0 Å². The lowest BCUT2D eigenvalue weighted by Gasteiger charge is -2.16. The topological polar surface area (TPSA) is 85.1 Å². The molecule has 0 aliphatic heterocycles. The lowest BCUT2D eigenvalue weighted by molar-refractivity contribution is -0.120. The van der Waals surface area contributed by atoms with E-state index in [9.17, 15) is 9.59 Å². The number of primary amides is 1. The third-order valence-electron chi connectivity index (χ3n) is 3.59. The predicted molar refractivity (Wildman–Crippen MR) is 87.6 cm³/mol. The van der Waals surface area contributed by atoms with Gasteiger partial charge in [-0.25, -0.2) is 0 Å². The molecule has 23 heavy (non-hydrogen) atoms. The summed E-state index contributed by atoms with van der Waals surface area (Å²) in [6.45, 7) is 0. The first-order valence-corrected chi connectivity index (χ1v) is 7.15. The number of para-hydroxylation sites is 1. The Kier molecular flexibility index (Phi) is 4.01. The summed E-state index contributed by atoms with van der Waals surface area (Å²) < 4.78 is 0. The minimum absolute atomic E-state index is 0.365. The maximum atomic E-state index is 12.6. The third-order valence-corrected chi connectivity index (χ3v) is 3.59. The van der Waals surface area contributed by atoms with Crippen LogP contribution in [-0.4, -0.2) is 16.8 Å². The first kappa shape index (κ1) is 14.7. The molecule has 1 heterocycles. The van der Waals surface area contributed by atoms with E-state index in [2.05, 4.69) is 10.3 Å². The number of nitrogens with zero attached hydrogens (tertiary/aromatic N) is 1. The largest absolute Gasteiger partial charge is 0.368 e. The smallest absolute Gasteiger partial charge is 0.252 e. The van der Waals surface area contributed by atoms with Crippen LogP contribution in [0.3, 0.4) is 0 Å². The second-order valence-electron chi connectivity index (χ2n) is 5.10. The number of benzene rings is 2. The van der Waals surface area contributed by atoms with Crippen molar-refractivity contribution in [2.75, 3.05) is 0 Å². The molecule has 5 heteroatoms. The van der Waals surface area contributed by atoms with Gasteiger partial charge < -0.3 is 11.1 Å². The molecule has 3 rings (SSSR count). The summed E-state index contributed by atoms with van der Waals surface area (Å²) in [5, 5.41) is 3.43. The fourth-order valence-corrected chi connectivity index (χ4v) is 2.47. The molecule has 5 nitrogen and oxygen atoms in total. The van der Waals surface area contributed by atoms with E-state index in [-0.39, 0.29) is 5.91 Å². The van der Waals surface area contributed by atoms with E-state index in [1.807, 2.05) is 30.3 Å². The molecule has 3 aromatic rings. The zero-order chi connectivity index (χ0) is 16.2. The maximum absolute atomic E-state index is 12.6. The Morgan fingerprint density at radius 3 is 2.39 bits per heavy atom. The van der Waals surface area contributed by atoms with E-state index < -0.39 is 11.9 Å². The van der Waals surface area contributed by atoms with Crippen LogP contribution in [0, 0.1) is 0 Å². The van der Waals surface area contributed by atoms with Gasteiger partial charge >= 0.3 is 0 Å². The Bertz CT molecular complexity index is 857. The molecule has 0 bridgehead atoms. The fourth-order valence-electron chi connectivity index (χ4n) is 2.47. The normalized spacial score (nSPS) is 11.8. The number of hydrogen-bond acceptors (Lipinski definition) is 3. The van der Waals surface area contributed by atoms with E-state index in [4.69, 9.17) is 5.73 Å². The second kappa shape index (κ2) is 6.27. The van der Waals surface area contributed by atoms with Crippen molar-refractivity contribution in [2.45, 2.75) is 6.04 Å². The number of nitrogens with one attached hydrogen (secondary N) is 1. The Balaban J connectivity index is 1.94. The first-order chi connectivity index (χ1) is 11.2. The number of rotatable bonds is 4. The van der Waals surface area contributed by atoms with Crippen molar-refractivity contribution in [1.82, 2.24) is 10.3 Å². The molecule has 1 aromatic heterocycles. The van der Waals surface area contributed by atoms with Crippen molar-refractivity contribution >= 4 is 22.7 Å². The number of carbonyl (C=O) groups is 2. The third kappa shape index (κ3) is 3.03. The van der Waals surface area contributed by atoms with Gasteiger partial charge in [0.1, 0.15) is 6.04 Å². The number of aromatic nitrogens is 1. The van der Waals surface area contributed by atoms with Crippen LogP contribution in [0.1, 0.15) is 22.0 Å². The SMILES string of the molecule is NC(=O)C(NC(=O)c1ccnc2ccccc12)c1ccccc1. The Hall–Kier alpha value is -3.21. The van der Waals surface area contributed by atoms with Gasteiger partial charge in [0, 0.05) is 11.6 Å². The summed E-state index contributed by atoms with van der Waals surface area (Å²) in [6, 6.07) is 17.0. The quantitative estimate of drug-likeness (QED) is 0.775. The summed E-state index contributed by atoms with van der Waals surface area (Å²) in [6.07, 6.45) is 1.57. The monoisotopic (exact) mass is 305 g/mol. The second-order valence-corrected chi connectivity index (χ2v) is 5.10. The van der Waals surface area contributed by atoms with Crippen molar-refractivity contribution in [3.05, 3.63) is 78.0 Å². The number of nitrogens with two attached hydrogens (primary N) is 1. The zero-order valence-corrected chi connectivity index (χ0v) is 12.3. The molecule has 1 atom stereocenters. The molecule has 0 fully saturated rings. The highest BCUT2D eigenvalue weighted by atomic mass is 16.2. The van der Waals surface area contributed by atoms with Gasteiger partial charge in [0.25, 0.3) is 5.91 Å². The average molecular weight is 305 g/mol. The molecule has 0 radical (unpaired) electrons. The standard InChI is InChI=1S/C18H15N3O2/c19-17(22)16(12-6-2-1-3-7-12)21-18(23)14-10-11-20-15-9-5-4-8-13(14)15/h1-11,16H,(H2,19,22)(H,21,23). The number of pyridine rings is 1. The summed E-state index contributed by atoms with van der Waals surface area (Å²) >= 11 is 0. The lowest BCUT2D eigenvalue weighted by atomic mass is 10.0. The minimum Gasteiger partial charge on any atom is -0.368 e. The van der Waals surface area contributed by atoms with Crippen LogP contribution >= 0.6 is 0 Å². The van der Waals surface area contributed by atoms with E-state index in [0.29, 0.717) is 11.1 Å². The van der Waals surface area contributed by atoms with Crippen LogP contribution in [0.4, 0.5) is 0 Å². The Morgan fingerprint density at radius 1 is 0.957 bits per heavy atom. The number of hydrogen-bond donors (Lipinski definition) is 2. The molecule has 0 aliphatic rings. The van der Waals surface area contributed by atoms with Gasteiger partial charge in [-0.1, -0.05) is 48.5 Å². The highest BCUT2D eigenvalue weighted by Crippen LogP contribution is 2.18. The first-order valence-electron chi connectivity index (χ1n) is 7.15. The summed E-state index contributed by atoms with van der Waals surface area (Å²) in [5.41, 5.74) is 7.26. The van der Waals surface area contributed by atoms with Crippen molar-refractivity contribution in [1.29, 1.82) is 0 Å². The zero-order valence-electron chi connectivity index (χ0n) is 12.3. The van der Waals surface area contributed by atoms with Crippen LogP contribution in [0.15, 0.2) is 66.9 Å². The summed E-state index contributed by atoms with van der Waals surface area (Å²) in [4.78, 5) is 28.6. The maximum Gasteiger partial charge on any atom is 0.252 e. The van der Waals surface area contributed by atoms with Gasteiger partial charge in [-0.2, -0.15) is 0 Å². The Morgan fingerprint density at radius 2 is 1.65 bits per heavy atom. The minimum atomic E-state index is -0.879. The van der Waals surface area contributed by atoms with Crippen LogP contribution < -0.4 is 11.1 Å². The van der Waals surface area contributed by atoms with Crippen molar-refractivity contribution in [2.24, 2.45) is 5.73 Å². The molecule has 2 amide bonds. The van der Waals surface area contributed by atoms with E-state index in [1.165, 1.54) is 0 Å². The van der Waals surface area contributed by atoms with Gasteiger partial charge in [0.05, 0.1) is 11.1 Å². The van der Waals surface area contributed by atoms with Crippen LogP contribution in [0.2, 0.25) is 0 Å². The van der Waals surface area contributed by atoms with Gasteiger partial charge in [-0.3, -0.25) is 14.6 Å². The number of amides is 2. The molecule has 0 saturated carbocycles. The lowest BCUT2D eigenvalue weighted by Crippen LogP contribution is -2.37. The average Bonchev–Trinajstić information content (AvgIpc) is 2.59. The van der Waals surface area contributed by atoms with Crippen LogP contribution in [0.5, 0.6) is 0 Å². The predicted octanol–water partition coefficient (Wildman–Crippen LogP) is 2.19. The van der Waals surface area contributed by atoms with E-state index >= 15 is 0 Å². The summed E-state index contributed by atoms with van der Waals surface area (Å²) in [7, 11) is 0. The van der Waals surface area contributed by atoms with Crippen molar-refractivity contribution in [3.8, 4) is 0 Å². The molecule has 0 aliphatic carbocycles. The highest BCUT2D eigenvalue weighted by Gasteiger charge is 2.21. The molecule has 0 saturated heterocycles. The van der Waals surface area contributed by atoms with Crippen LogP contribution in [0.25, 0.3) is 10.9 Å². The van der Waals surface area contributed by atoms with Crippen molar-refractivity contribution in [3.63, 3.8) is 0 Å². The Labute approximate surface area is 133 Å². The molecule has 3 N–H and O–H groups in total. The van der Waals surface area contributed by atoms with Crippen molar-refractivity contribution < 1.29 is 9.59 Å². The van der Waals surface area contributed by atoms with E-state index in [0.717, 1.165) is 10.9 Å².